The van der Waals surface area contributed by atoms with Crippen LogP contribution in [0.1, 0.15) is 18.4 Å². The van der Waals surface area contributed by atoms with Crippen molar-refractivity contribution in [2.45, 2.75) is 25.4 Å². The standard InChI is InChI=1S/C18H23N3O.3ClH/c1-21(13-15-6-3-2-4-7-15)17-10-18(12-19-11-17)22-14-16-8-5-9-20-16;;;/h2-4,6-7,10-12,16,20H,5,8-9,13-14H2,1H3;3*1H/t16-;;;/m0.../s1. The van der Waals surface area contributed by atoms with Crippen molar-refractivity contribution >= 4 is 42.9 Å². The largest absolute Gasteiger partial charge is 0.490 e. The average Bonchev–Trinajstić information content (AvgIpc) is 3.08. The zero-order valence-corrected chi connectivity index (χ0v) is 16.7. The van der Waals surface area contributed by atoms with Gasteiger partial charge >= 0.3 is 0 Å². The van der Waals surface area contributed by atoms with Crippen LogP contribution in [0.5, 0.6) is 5.75 Å². The van der Waals surface area contributed by atoms with Gasteiger partial charge in [0.15, 0.2) is 0 Å². The van der Waals surface area contributed by atoms with E-state index >= 15 is 0 Å². The maximum Gasteiger partial charge on any atom is 0.139 e. The quantitative estimate of drug-likeness (QED) is 0.783. The molecule has 0 unspecified atom stereocenters. The molecule has 0 aliphatic carbocycles. The fraction of sp³-hybridized carbons (Fsp3) is 0.389. The minimum Gasteiger partial charge on any atom is -0.490 e. The molecule has 1 N–H and O–H groups in total. The Balaban J connectivity index is 0.00000192. The van der Waals surface area contributed by atoms with Crippen molar-refractivity contribution in [3.05, 3.63) is 54.4 Å². The summed E-state index contributed by atoms with van der Waals surface area (Å²) in [5, 5.41) is 3.44. The molecule has 1 aromatic heterocycles. The van der Waals surface area contributed by atoms with Gasteiger partial charge < -0.3 is 15.0 Å². The lowest BCUT2D eigenvalue weighted by Gasteiger charge is -2.20. The van der Waals surface area contributed by atoms with Crippen LogP contribution in [0.15, 0.2) is 48.8 Å². The lowest BCUT2D eigenvalue weighted by Crippen LogP contribution is -2.28. The van der Waals surface area contributed by atoms with Crippen LogP contribution < -0.4 is 15.0 Å². The first kappa shape index (κ1) is 23.8. The zero-order valence-electron chi connectivity index (χ0n) is 14.3. The summed E-state index contributed by atoms with van der Waals surface area (Å²) in [5.74, 6) is 0.839. The molecule has 4 nitrogen and oxygen atoms in total. The molecule has 1 atom stereocenters. The molecule has 0 amide bonds. The number of rotatable bonds is 6. The summed E-state index contributed by atoms with van der Waals surface area (Å²) in [6.07, 6.45) is 6.10. The number of hydrogen-bond acceptors (Lipinski definition) is 4. The third kappa shape index (κ3) is 7.28. The van der Waals surface area contributed by atoms with Gasteiger partial charge in [-0.2, -0.15) is 0 Å². The monoisotopic (exact) mass is 405 g/mol. The van der Waals surface area contributed by atoms with E-state index in [-0.39, 0.29) is 37.2 Å². The highest BCUT2D eigenvalue weighted by Crippen LogP contribution is 2.20. The van der Waals surface area contributed by atoms with Gasteiger partial charge in [-0.15, -0.1) is 37.2 Å². The van der Waals surface area contributed by atoms with Gasteiger partial charge in [0, 0.05) is 25.7 Å². The van der Waals surface area contributed by atoms with Gasteiger partial charge in [0.1, 0.15) is 12.4 Å². The number of benzene rings is 1. The van der Waals surface area contributed by atoms with Gasteiger partial charge in [-0.3, -0.25) is 4.98 Å². The van der Waals surface area contributed by atoms with E-state index in [0.717, 1.165) is 24.5 Å². The SMILES string of the molecule is CN(Cc1ccccc1)c1cncc(OC[C@@H]2CCCN2)c1.Cl.Cl.Cl. The molecule has 0 saturated carbocycles. The van der Waals surface area contributed by atoms with Crippen molar-refractivity contribution in [3.63, 3.8) is 0 Å². The predicted octanol–water partition coefficient (Wildman–Crippen LogP) is 4.11. The molecule has 1 aliphatic rings. The van der Waals surface area contributed by atoms with Gasteiger partial charge in [-0.25, -0.2) is 0 Å². The number of anilines is 1. The topological polar surface area (TPSA) is 37.4 Å². The number of halogens is 3. The fourth-order valence-electron chi connectivity index (χ4n) is 2.74. The van der Waals surface area contributed by atoms with Crippen molar-refractivity contribution in [1.29, 1.82) is 0 Å². The molecule has 1 aliphatic heterocycles. The highest BCUT2D eigenvalue weighted by molar-refractivity contribution is 5.86. The van der Waals surface area contributed by atoms with Crippen molar-refractivity contribution in [2.75, 3.05) is 25.1 Å². The number of pyridine rings is 1. The van der Waals surface area contributed by atoms with E-state index in [1.54, 1.807) is 6.20 Å². The van der Waals surface area contributed by atoms with Crippen molar-refractivity contribution in [3.8, 4) is 5.75 Å². The van der Waals surface area contributed by atoms with Crippen LogP contribution >= 0.6 is 37.2 Å². The molecule has 7 heteroatoms. The van der Waals surface area contributed by atoms with Gasteiger partial charge in [0.2, 0.25) is 0 Å². The number of aromatic nitrogens is 1. The second-order valence-electron chi connectivity index (χ2n) is 5.82. The summed E-state index contributed by atoms with van der Waals surface area (Å²) in [6, 6.07) is 13.0. The Morgan fingerprint density at radius 2 is 1.92 bits per heavy atom. The minimum atomic E-state index is 0. The number of nitrogens with zero attached hydrogens (tertiary/aromatic N) is 2. The van der Waals surface area contributed by atoms with Crippen molar-refractivity contribution < 1.29 is 4.74 Å². The van der Waals surface area contributed by atoms with Crippen LogP contribution in [0.2, 0.25) is 0 Å². The number of ether oxygens (including phenoxy) is 1. The third-order valence-corrected chi connectivity index (χ3v) is 4.02. The van der Waals surface area contributed by atoms with E-state index < -0.39 is 0 Å². The predicted molar refractivity (Wildman–Crippen MR) is 111 cm³/mol. The summed E-state index contributed by atoms with van der Waals surface area (Å²) in [6.45, 7) is 2.68. The van der Waals surface area contributed by atoms with Gasteiger partial charge in [0.25, 0.3) is 0 Å². The van der Waals surface area contributed by atoms with E-state index in [0.29, 0.717) is 12.6 Å². The minimum absolute atomic E-state index is 0. The highest BCUT2D eigenvalue weighted by atomic mass is 35.5. The summed E-state index contributed by atoms with van der Waals surface area (Å²) >= 11 is 0. The average molecular weight is 407 g/mol. The van der Waals surface area contributed by atoms with E-state index in [9.17, 15) is 0 Å². The first-order valence-electron chi connectivity index (χ1n) is 7.87. The van der Waals surface area contributed by atoms with Crippen LogP contribution in [-0.2, 0) is 6.54 Å². The lowest BCUT2D eigenvalue weighted by atomic mass is 10.2. The van der Waals surface area contributed by atoms with E-state index in [1.165, 1.54) is 18.4 Å². The molecule has 25 heavy (non-hydrogen) atoms. The molecule has 2 aromatic rings. The van der Waals surface area contributed by atoms with Crippen LogP contribution in [-0.4, -0.2) is 31.2 Å². The van der Waals surface area contributed by atoms with Crippen molar-refractivity contribution in [1.82, 2.24) is 10.3 Å². The first-order valence-corrected chi connectivity index (χ1v) is 7.87. The van der Waals surface area contributed by atoms with Gasteiger partial charge in [-0.1, -0.05) is 30.3 Å². The van der Waals surface area contributed by atoms with E-state index in [1.807, 2.05) is 12.3 Å². The summed E-state index contributed by atoms with van der Waals surface area (Å²) in [4.78, 5) is 6.49. The second kappa shape index (κ2) is 12.2. The molecule has 1 saturated heterocycles. The van der Waals surface area contributed by atoms with Gasteiger partial charge in [0.05, 0.1) is 18.1 Å². The van der Waals surface area contributed by atoms with E-state index in [2.05, 4.69) is 52.6 Å². The van der Waals surface area contributed by atoms with E-state index in [4.69, 9.17) is 4.74 Å². The molecule has 140 valence electrons. The number of nitrogens with one attached hydrogen (secondary N) is 1. The molecule has 1 fully saturated rings. The zero-order chi connectivity index (χ0) is 15.2. The molecular formula is C18H26Cl3N3O. The van der Waals surface area contributed by atoms with Gasteiger partial charge in [-0.05, 0) is 24.9 Å². The molecule has 0 spiro atoms. The first-order chi connectivity index (χ1) is 10.8. The molecule has 0 radical (unpaired) electrons. The normalized spacial score (nSPS) is 15.3. The highest BCUT2D eigenvalue weighted by Gasteiger charge is 2.14. The van der Waals surface area contributed by atoms with Crippen LogP contribution in [0.4, 0.5) is 5.69 Å². The molecule has 0 bridgehead atoms. The number of hydrogen-bond donors (Lipinski definition) is 1. The summed E-state index contributed by atoms with van der Waals surface area (Å²) in [5.41, 5.74) is 2.35. The van der Waals surface area contributed by atoms with Crippen molar-refractivity contribution in [2.24, 2.45) is 0 Å². The van der Waals surface area contributed by atoms with Crippen LogP contribution in [0.25, 0.3) is 0 Å². The molecule has 1 aromatic carbocycles. The Hall–Kier alpha value is -1.20. The Bertz CT molecular complexity index is 595. The molecular weight excluding hydrogens is 381 g/mol. The Kier molecular flexibility index (Phi) is 11.6. The lowest BCUT2D eigenvalue weighted by molar-refractivity contribution is 0.276. The Labute approximate surface area is 168 Å². The third-order valence-electron chi connectivity index (χ3n) is 4.02. The summed E-state index contributed by atoms with van der Waals surface area (Å²) < 4.78 is 5.88. The summed E-state index contributed by atoms with van der Waals surface area (Å²) in [7, 11) is 2.08. The maximum absolute atomic E-state index is 5.88. The maximum atomic E-state index is 5.88. The fourth-order valence-corrected chi connectivity index (χ4v) is 2.74. The van der Waals surface area contributed by atoms with Crippen LogP contribution in [0, 0.1) is 0 Å². The smallest absolute Gasteiger partial charge is 0.139 e. The Morgan fingerprint density at radius 1 is 1.16 bits per heavy atom. The van der Waals surface area contributed by atoms with Crippen LogP contribution in [0.3, 0.4) is 0 Å². The molecule has 2 heterocycles. The molecule has 3 rings (SSSR count). The Morgan fingerprint density at radius 3 is 2.60 bits per heavy atom. The second-order valence-corrected chi connectivity index (χ2v) is 5.82.